The highest BCUT2D eigenvalue weighted by Gasteiger charge is 2.38. The number of primary amides is 1. The fourth-order valence-corrected chi connectivity index (χ4v) is 3.62. The minimum Gasteiger partial charge on any atom is -0.475 e. The van der Waals surface area contributed by atoms with Crippen molar-refractivity contribution in [1.82, 2.24) is 9.88 Å². The Morgan fingerprint density at radius 1 is 1.25 bits per heavy atom. The van der Waals surface area contributed by atoms with Crippen LogP contribution in [-0.2, 0) is 22.7 Å². The van der Waals surface area contributed by atoms with Crippen molar-refractivity contribution in [3.05, 3.63) is 50.8 Å². The summed E-state index contributed by atoms with van der Waals surface area (Å²) < 4.78 is 31.7. The smallest absolute Gasteiger partial charge is 0.475 e. The summed E-state index contributed by atoms with van der Waals surface area (Å²) in [6, 6.07) is 5.07. The molecule has 0 fully saturated rings. The van der Waals surface area contributed by atoms with Gasteiger partial charge in [-0.2, -0.15) is 13.2 Å². The Bertz CT molecular complexity index is 1090. The number of fused-ring (bicyclic) bond motifs is 1. The lowest BCUT2D eigenvalue weighted by Crippen LogP contribution is -2.34. The van der Waals surface area contributed by atoms with Crippen LogP contribution in [0.1, 0.15) is 27.3 Å². The Balaban J connectivity index is 0.000000451. The Morgan fingerprint density at radius 3 is 2.31 bits per heavy atom. The van der Waals surface area contributed by atoms with E-state index in [1.54, 1.807) is 18.2 Å². The predicted octanol–water partition coefficient (Wildman–Crippen LogP) is 2.90. The third-order valence-corrected chi connectivity index (χ3v) is 4.96. The molecule has 2 aromatic rings. The molecule has 32 heavy (non-hydrogen) atoms. The number of aromatic nitrogens is 1. The third-order valence-electron chi connectivity index (χ3n) is 4.42. The van der Waals surface area contributed by atoms with Gasteiger partial charge in [-0.05, 0) is 24.6 Å². The molecule has 0 radical (unpaired) electrons. The van der Waals surface area contributed by atoms with Gasteiger partial charge in [-0.15, -0.1) is 0 Å². The normalized spacial score (nSPS) is 12.8. The number of rotatable bonds is 4. The number of halogens is 5. The molecule has 0 atom stereocenters. The fourth-order valence-electron chi connectivity index (χ4n) is 3.11. The third kappa shape index (κ3) is 5.47. The van der Waals surface area contributed by atoms with E-state index in [1.165, 1.54) is 4.90 Å². The second kappa shape index (κ2) is 9.72. The number of benzene rings is 1. The molecule has 8 nitrogen and oxygen atoms in total. The van der Waals surface area contributed by atoms with Gasteiger partial charge in [0.2, 0.25) is 5.91 Å². The van der Waals surface area contributed by atoms with Crippen LogP contribution in [-0.4, -0.2) is 45.5 Å². The molecule has 1 aliphatic heterocycles. The first-order valence-electron chi connectivity index (χ1n) is 8.83. The van der Waals surface area contributed by atoms with Crippen molar-refractivity contribution in [2.75, 3.05) is 6.54 Å². The van der Waals surface area contributed by atoms with Crippen LogP contribution in [0, 0.1) is 6.92 Å². The van der Waals surface area contributed by atoms with Crippen LogP contribution in [0.3, 0.4) is 0 Å². The zero-order valence-electron chi connectivity index (χ0n) is 16.5. The van der Waals surface area contributed by atoms with E-state index in [9.17, 15) is 22.8 Å². The Morgan fingerprint density at radius 2 is 1.84 bits per heavy atom. The van der Waals surface area contributed by atoms with Crippen molar-refractivity contribution < 1.29 is 32.7 Å². The fraction of sp³-hybridized carbons (Fsp3) is 0.263. The monoisotopic (exact) mass is 492 g/mol. The first-order chi connectivity index (χ1) is 14.8. The summed E-state index contributed by atoms with van der Waals surface area (Å²) in [6.45, 7) is 2.08. The molecule has 0 spiro atoms. The standard InChI is InChI=1S/C17H16Cl2N4O2.C2HF3O2/c1-8-11(5-20)15(10-3-2-9(18)4-12(10)19)16-13(22-8)6-23(17(16)25)7-14(21)24;3-2(4,5)1(6)7/h2-4H,5-7,20H2,1H3,(H2,21,24);(H,6,7). The number of pyridine rings is 1. The highest BCUT2D eigenvalue weighted by molar-refractivity contribution is 6.36. The molecular weight excluding hydrogens is 476 g/mol. The van der Waals surface area contributed by atoms with Gasteiger partial charge in [0.1, 0.15) is 6.54 Å². The number of nitrogens with two attached hydrogens (primary N) is 2. The maximum atomic E-state index is 12.9. The Hall–Kier alpha value is -2.89. The second-order valence-electron chi connectivity index (χ2n) is 6.63. The van der Waals surface area contributed by atoms with Gasteiger partial charge >= 0.3 is 12.1 Å². The molecule has 1 aromatic carbocycles. The average molecular weight is 493 g/mol. The van der Waals surface area contributed by atoms with E-state index in [1.807, 2.05) is 6.92 Å². The van der Waals surface area contributed by atoms with Crippen molar-refractivity contribution >= 4 is 41.0 Å². The van der Waals surface area contributed by atoms with Crippen molar-refractivity contribution in [2.24, 2.45) is 11.5 Å². The first-order valence-corrected chi connectivity index (χ1v) is 9.59. The molecule has 2 heterocycles. The van der Waals surface area contributed by atoms with Gasteiger partial charge in [0.15, 0.2) is 0 Å². The lowest BCUT2D eigenvalue weighted by atomic mass is 9.93. The average Bonchev–Trinajstić information content (AvgIpc) is 2.95. The summed E-state index contributed by atoms with van der Waals surface area (Å²) in [5.74, 6) is -3.65. The summed E-state index contributed by atoms with van der Waals surface area (Å²) >= 11 is 12.4. The number of carboxylic acid groups (broad SMARTS) is 1. The van der Waals surface area contributed by atoms with Crippen molar-refractivity contribution in [3.63, 3.8) is 0 Å². The van der Waals surface area contributed by atoms with E-state index in [-0.39, 0.29) is 25.5 Å². The Kier molecular flexibility index (Phi) is 7.70. The molecule has 0 saturated heterocycles. The molecule has 0 bridgehead atoms. The first kappa shape index (κ1) is 25.4. The van der Waals surface area contributed by atoms with Gasteiger partial charge in [0.05, 0.1) is 17.8 Å². The molecule has 5 N–H and O–H groups in total. The maximum Gasteiger partial charge on any atom is 0.490 e. The number of aliphatic carboxylic acids is 1. The highest BCUT2D eigenvalue weighted by atomic mass is 35.5. The summed E-state index contributed by atoms with van der Waals surface area (Å²) in [5.41, 5.74) is 14.9. The molecule has 3 rings (SSSR count). The number of carboxylic acids is 1. The van der Waals surface area contributed by atoms with Gasteiger partial charge < -0.3 is 21.5 Å². The molecule has 2 amide bonds. The van der Waals surface area contributed by atoms with Gasteiger partial charge in [0.25, 0.3) is 5.91 Å². The summed E-state index contributed by atoms with van der Waals surface area (Å²) in [7, 11) is 0. The number of nitrogens with zero attached hydrogens (tertiary/aromatic N) is 2. The van der Waals surface area contributed by atoms with E-state index in [0.29, 0.717) is 32.4 Å². The van der Waals surface area contributed by atoms with Gasteiger partial charge in [-0.25, -0.2) is 4.79 Å². The van der Waals surface area contributed by atoms with Crippen LogP contribution in [0.5, 0.6) is 0 Å². The Labute approximate surface area is 189 Å². The SMILES string of the molecule is Cc1nc2c(c(-c3ccc(Cl)cc3Cl)c1CN)C(=O)N(CC(N)=O)C2.O=C(O)C(F)(F)F. The van der Waals surface area contributed by atoms with Crippen LogP contribution >= 0.6 is 23.2 Å². The molecule has 0 saturated carbocycles. The van der Waals surface area contributed by atoms with E-state index in [4.69, 9.17) is 44.6 Å². The van der Waals surface area contributed by atoms with E-state index in [2.05, 4.69) is 4.98 Å². The molecule has 172 valence electrons. The van der Waals surface area contributed by atoms with Crippen LogP contribution in [0.15, 0.2) is 18.2 Å². The van der Waals surface area contributed by atoms with E-state index < -0.39 is 18.1 Å². The molecule has 0 unspecified atom stereocenters. The molecule has 1 aromatic heterocycles. The highest BCUT2D eigenvalue weighted by Crippen LogP contribution is 2.39. The number of hydrogen-bond donors (Lipinski definition) is 3. The molecule has 0 aliphatic carbocycles. The zero-order valence-corrected chi connectivity index (χ0v) is 18.0. The minimum atomic E-state index is -5.08. The largest absolute Gasteiger partial charge is 0.490 e. The predicted molar refractivity (Wildman–Crippen MR) is 110 cm³/mol. The van der Waals surface area contributed by atoms with Gasteiger partial charge in [-0.1, -0.05) is 29.3 Å². The number of hydrogen-bond acceptors (Lipinski definition) is 5. The summed E-state index contributed by atoms with van der Waals surface area (Å²) in [4.78, 5) is 38.9. The number of aryl methyl sites for hydroxylation is 1. The van der Waals surface area contributed by atoms with Crippen LogP contribution in [0.4, 0.5) is 13.2 Å². The van der Waals surface area contributed by atoms with Crippen LogP contribution < -0.4 is 11.5 Å². The van der Waals surface area contributed by atoms with E-state index >= 15 is 0 Å². The van der Waals surface area contributed by atoms with Gasteiger partial charge in [0, 0.05) is 33.4 Å². The maximum absolute atomic E-state index is 12.9. The number of alkyl halides is 3. The van der Waals surface area contributed by atoms with E-state index in [0.717, 1.165) is 11.3 Å². The quantitative estimate of drug-likeness (QED) is 0.599. The zero-order chi connectivity index (χ0) is 24.4. The van der Waals surface area contributed by atoms with Crippen molar-refractivity contribution in [3.8, 4) is 11.1 Å². The summed E-state index contributed by atoms with van der Waals surface area (Å²) in [6.07, 6.45) is -5.08. The molecular formula is C19H17Cl2F3N4O4. The van der Waals surface area contributed by atoms with Crippen LogP contribution in [0.2, 0.25) is 10.0 Å². The van der Waals surface area contributed by atoms with Crippen molar-refractivity contribution in [2.45, 2.75) is 26.2 Å². The summed E-state index contributed by atoms with van der Waals surface area (Å²) in [5, 5.41) is 8.03. The topological polar surface area (TPSA) is 140 Å². The molecule has 1 aliphatic rings. The number of amides is 2. The number of carbonyl (C=O) groups is 3. The lowest BCUT2D eigenvalue weighted by molar-refractivity contribution is -0.192. The van der Waals surface area contributed by atoms with Crippen molar-refractivity contribution in [1.29, 1.82) is 0 Å². The second-order valence-corrected chi connectivity index (χ2v) is 7.47. The number of carbonyl (C=O) groups excluding carboxylic acids is 2. The van der Waals surface area contributed by atoms with Crippen LogP contribution in [0.25, 0.3) is 11.1 Å². The lowest BCUT2D eigenvalue weighted by Gasteiger charge is -2.16. The van der Waals surface area contributed by atoms with Gasteiger partial charge in [-0.3, -0.25) is 14.6 Å². The molecule has 13 heteroatoms. The minimum absolute atomic E-state index is 0.167.